The molecule has 1 amide bonds. The highest BCUT2D eigenvalue weighted by Crippen LogP contribution is 2.39. The zero-order valence-corrected chi connectivity index (χ0v) is 11.4. The standard InChI is InChI=1S/C13H20F3NO3/c1-2-10(7-11(18)19)17-12(20)8-3-5-9(6-4-8)13(14,15)16/h8-10H,2-7H2,1H3,(H,17,20)(H,18,19). The Labute approximate surface area is 115 Å². The smallest absolute Gasteiger partial charge is 0.391 e. The highest BCUT2D eigenvalue weighted by atomic mass is 19.4. The number of rotatable bonds is 5. The molecule has 1 aliphatic rings. The number of alkyl halides is 3. The van der Waals surface area contributed by atoms with E-state index in [0.717, 1.165) is 0 Å². The van der Waals surface area contributed by atoms with E-state index < -0.39 is 30.0 Å². The van der Waals surface area contributed by atoms with Crippen molar-refractivity contribution >= 4 is 11.9 Å². The van der Waals surface area contributed by atoms with Gasteiger partial charge in [0, 0.05) is 12.0 Å². The fourth-order valence-corrected chi connectivity index (χ4v) is 2.51. The van der Waals surface area contributed by atoms with E-state index in [2.05, 4.69) is 5.32 Å². The van der Waals surface area contributed by atoms with Crippen LogP contribution in [-0.4, -0.2) is 29.2 Å². The fourth-order valence-electron chi connectivity index (χ4n) is 2.51. The van der Waals surface area contributed by atoms with Gasteiger partial charge in [-0.2, -0.15) is 13.2 Å². The topological polar surface area (TPSA) is 66.4 Å². The van der Waals surface area contributed by atoms with E-state index in [1.54, 1.807) is 6.92 Å². The first kappa shape index (κ1) is 16.8. The second-order valence-electron chi connectivity index (χ2n) is 5.30. The van der Waals surface area contributed by atoms with Gasteiger partial charge in [0.05, 0.1) is 12.3 Å². The molecule has 0 aromatic heterocycles. The summed E-state index contributed by atoms with van der Waals surface area (Å²) < 4.78 is 37.5. The first-order valence-corrected chi connectivity index (χ1v) is 6.82. The van der Waals surface area contributed by atoms with Crippen LogP contribution in [0.3, 0.4) is 0 Å². The van der Waals surface area contributed by atoms with Gasteiger partial charge in [-0.25, -0.2) is 0 Å². The van der Waals surface area contributed by atoms with Crippen LogP contribution in [0.4, 0.5) is 13.2 Å². The quantitative estimate of drug-likeness (QED) is 0.819. The normalized spacial score (nSPS) is 25.0. The molecule has 0 bridgehead atoms. The van der Waals surface area contributed by atoms with Gasteiger partial charge in [0.1, 0.15) is 0 Å². The Balaban J connectivity index is 2.44. The lowest BCUT2D eigenvalue weighted by Crippen LogP contribution is -2.41. The van der Waals surface area contributed by atoms with Crippen molar-refractivity contribution in [3.8, 4) is 0 Å². The molecule has 0 saturated heterocycles. The SMILES string of the molecule is CCC(CC(=O)O)NC(=O)C1CCC(C(F)(F)F)CC1. The minimum Gasteiger partial charge on any atom is -0.481 e. The molecule has 1 unspecified atom stereocenters. The molecule has 0 aliphatic heterocycles. The first-order chi connectivity index (χ1) is 9.24. The average Bonchev–Trinajstić information content (AvgIpc) is 2.36. The summed E-state index contributed by atoms with van der Waals surface area (Å²) in [6.45, 7) is 1.76. The van der Waals surface area contributed by atoms with Crippen LogP contribution in [0.1, 0.15) is 45.4 Å². The Bertz CT molecular complexity index is 349. The Morgan fingerprint density at radius 3 is 2.20 bits per heavy atom. The molecule has 2 N–H and O–H groups in total. The number of carbonyl (C=O) groups is 2. The van der Waals surface area contributed by atoms with E-state index in [1.807, 2.05) is 0 Å². The summed E-state index contributed by atoms with van der Waals surface area (Å²) in [5.41, 5.74) is 0. The molecule has 20 heavy (non-hydrogen) atoms. The Morgan fingerprint density at radius 1 is 1.25 bits per heavy atom. The second kappa shape index (κ2) is 6.95. The van der Waals surface area contributed by atoms with Crippen molar-refractivity contribution < 1.29 is 27.9 Å². The largest absolute Gasteiger partial charge is 0.481 e. The van der Waals surface area contributed by atoms with Gasteiger partial charge in [-0.05, 0) is 32.1 Å². The van der Waals surface area contributed by atoms with Crippen LogP contribution in [-0.2, 0) is 9.59 Å². The van der Waals surface area contributed by atoms with Crippen LogP contribution in [0.25, 0.3) is 0 Å². The molecule has 1 saturated carbocycles. The van der Waals surface area contributed by atoms with Gasteiger partial charge >= 0.3 is 12.1 Å². The molecule has 0 radical (unpaired) electrons. The molecule has 1 atom stereocenters. The molecular formula is C13H20F3NO3. The van der Waals surface area contributed by atoms with Crippen LogP contribution < -0.4 is 5.32 Å². The lowest BCUT2D eigenvalue weighted by Gasteiger charge is -2.30. The van der Waals surface area contributed by atoms with Crippen LogP contribution >= 0.6 is 0 Å². The molecule has 1 rings (SSSR count). The molecule has 0 aromatic rings. The number of aliphatic carboxylic acids is 1. The van der Waals surface area contributed by atoms with Crippen molar-refractivity contribution in [2.24, 2.45) is 11.8 Å². The molecule has 4 nitrogen and oxygen atoms in total. The zero-order chi connectivity index (χ0) is 15.3. The third kappa shape index (κ3) is 5.02. The van der Waals surface area contributed by atoms with Gasteiger partial charge in [-0.15, -0.1) is 0 Å². The molecule has 0 spiro atoms. The van der Waals surface area contributed by atoms with Gasteiger partial charge in [0.15, 0.2) is 0 Å². The number of carbonyl (C=O) groups excluding carboxylic acids is 1. The summed E-state index contributed by atoms with van der Waals surface area (Å²) in [6.07, 6.45) is -3.51. The third-order valence-corrected chi connectivity index (χ3v) is 3.82. The average molecular weight is 295 g/mol. The number of hydrogen-bond donors (Lipinski definition) is 2. The molecule has 0 heterocycles. The summed E-state index contributed by atoms with van der Waals surface area (Å²) >= 11 is 0. The maximum Gasteiger partial charge on any atom is 0.391 e. The van der Waals surface area contributed by atoms with Crippen molar-refractivity contribution in [3.63, 3.8) is 0 Å². The maximum absolute atomic E-state index is 12.5. The predicted octanol–water partition coefficient (Wildman–Crippen LogP) is 2.72. The first-order valence-electron chi connectivity index (χ1n) is 6.82. The minimum absolute atomic E-state index is 0.0304. The van der Waals surface area contributed by atoms with Crippen LogP contribution in [0.15, 0.2) is 0 Å². The van der Waals surface area contributed by atoms with E-state index in [9.17, 15) is 22.8 Å². The number of nitrogens with one attached hydrogen (secondary N) is 1. The molecule has 1 aliphatic carbocycles. The number of amides is 1. The van der Waals surface area contributed by atoms with E-state index in [1.165, 1.54) is 0 Å². The van der Waals surface area contributed by atoms with Crippen molar-refractivity contribution in [1.29, 1.82) is 0 Å². The summed E-state index contributed by atoms with van der Waals surface area (Å²) in [7, 11) is 0. The van der Waals surface area contributed by atoms with Crippen LogP contribution in [0.2, 0.25) is 0 Å². The number of halogens is 3. The second-order valence-corrected chi connectivity index (χ2v) is 5.30. The molecule has 0 aromatic carbocycles. The monoisotopic (exact) mass is 295 g/mol. The van der Waals surface area contributed by atoms with Gasteiger partial charge in [0.2, 0.25) is 5.91 Å². The number of hydrogen-bond acceptors (Lipinski definition) is 2. The number of carboxylic acids is 1. The van der Waals surface area contributed by atoms with E-state index in [0.29, 0.717) is 6.42 Å². The summed E-state index contributed by atoms with van der Waals surface area (Å²) in [4.78, 5) is 22.5. The summed E-state index contributed by atoms with van der Waals surface area (Å²) in [6, 6.07) is -0.458. The third-order valence-electron chi connectivity index (χ3n) is 3.82. The predicted molar refractivity (Wildman–Crippen MR) is 66.0 cm³/mol. The van der Waals surface area contributed by atoms with Gasteiger partial charge in [-0.3, -0.25) is 9.59 Å². The highest BCUT2D eigenvalue weighted by molar-refractivity contribution is 5.79. The minimum atomic E-state index is -4.18. The van der Waals surface area contributed by atoms with Gasteiger partial charge in [0.25, 0.3) is 0 Å². The lowest BCUT2D eigenvalue weighted by atomic mass is 9.81. The fraction of sp³-hybridized carbons (Fsp3) is 0.846. The van der Waals surface area contributed by atoms with E-state index in [-0.39, 0.29) is 38.0 Å². The molecule has 116 valence electrons. The Kier molecular flexibility index (Phi) is 5.83. The van der Waals surface area contributed by atoms with Crippen molar-refractivity contribution in [1.82, 2.24) is 5.32 Å². The summed E-state index contributed by atoms with van der Waals surface area (Å²) in [5, 5.41) is 11.3. The van der Waals surface area contributed by atoms with E-state index in [4.69, 9.17) is 5.11 Å². The number of carboxylic acid groups (broad SMARTS) is 1. The highest BCUT2D eigenvalue weighted by Gasteiger charge is 2.42. The zero-order valence-electron chi connectivity index (χ0n) is 11.4. The molecule has 7 heteroatoms. The van der Waals surface area contributed by atoms with Gasteiger partial charge < -0.3 is 10.4 Å². The lowest BCUT2D eigenvalue weighted by molar-refractivity contribution is -0.184. The van der Waals surface area contributed by atoms with Gasteiger partial charge in [-0.1, -0.05) is 6.92 Å². The molecular weight excluding hydrogens is 275 g/mol. The maximum atomic E-state index is 12.5. The van der Waals surface area contributed by atoms with Crippen molar-refractivity contribution in [2.75, 3.05) is 0 Å². The van der Waals surface area contributed by atoms with Crippen molar-refractivity contribution in [2.45, 2.75) is 57.7 Å². The Hall–Kier alpha value is -1.27. The van der Waals surface area contributed by atoms with E-state index >= 15 is 0 Å². The summed E-state index contributed by atoms with van der Waals surface area (Å²) in [5.74, 6) is -3.07. The van der Waals surface area contributed by atoms with Crippen LogP contribution in [0, 0.1) is 11.8 Å². The Morgan fingerprint density at radius 2 is 1.80 bits per heavy atom. The molecule has 1 fully saturated rings. The van der Waals surface area contributed by atoms with Crippen molar-refractivity contribution in [3.05, 3.63) is 0 Å². The van der Waals surface area contributed by atoms with Crippen LogP contribution in [0.5, 0.6) is 0 Å².